The first kappa shape index (κ1) is 12.0. The number of urea groups is 1. The van der Waals surface area contributed by atoms with E-state index in [9.17, 15) is 14.4 Å². The standard InChI is InChI=1S/C3H4N2O3.K/c6-1-4-3(8)5-2-7;/h1-2H,(H2,4,5,6,7,8);. The minimum atomic E-state index is -0.824. The Bertz CT molecular complexity index is 104. The molecule has 2 N–H and O–H groups in total. The first-order valence-corrected chi connectivity index (χ1v) is 1.75. The summed E-state index contributed by atoms with van der Waals surface area (Å²) in [4.78, 5) is 28.8. The van der Waals surface area contributed by atoms with E-state index in [-0.39, 0.29) is 64.2 Å². The number of hydrogen-bond donors (Lipinski definition) is 2. The van der Waals surface area contributed by atoms with Gasteiger partial charge in [0.25, 0.3) is 0 Å². The molecule has 0 aromatic rings. The van der Waals surface area contributed by atoms with Gasteiger partial charge in [-0.3, -0.25) is 20.2 Å². The molecule has 0 bridgehead atoms. The largest absolute Gasteiger partial charge is 0.327 e. The molecule has 1 radical (unpaired) electrons. The van der Waals surface area contributed by atoms with Crippen LogP contribution in [0, 0.1) is 0 Å². The van der Waals surface area contributed by atoms with Crippen molar-refractivity contribution in [1.29, 1.82) is 0 Å². The average molecular weight is 155 g/mol. The summed E-state index contributed by atoms with van der Waals surface area (Å²) in [7, 11) is 0. The maximum Gasteiger partial charge on any atom is 0.327 e. The van der Waals surface area contributed by atoms with Crippen molar-refractivity contribution < 1.29 is 14.4 Å². The van der Waals surface area contributed by atoms with Crippen molar-refractivity contribution >= 4 is 70.2 Å². The molecule has 4 amide bonds. The van der Waals surface area contributed by atoms with E-state index < -0.39 is 6.03 Å². The van der Waals surface area contributed by atoms with Crippen LogP contribution in [0.4, 0.5) is 4.79 Å². The van der Waals surface area contributed by atoms with Gasteiger partial charge in [0.05, 0.1) is 0 Å². The van der Waals surface area contributed by atoms with E-state index in [1.54, 1.807) is 10.6 Å². The maximum absolute atomic E-state index is 9.96. The Morgan fingerprint density at radius 2 is 1.44 bits per heavy atom. The zero-order valence-electron chi connectivity index (χ0n) is 4.88. The first-order valence-electron chi connectivity index (χ1n) is 1.75. The molecular weight excluding hydrogens is 151 g/mol. The smallest absolute Gasteiger partial charge is 0.280 e. The molecule has 6 heteroatoms. The summed E-state index contributed by atoms with van der Waals surface area (Å²) in [5.74, 6) is 0. The predicted octanol–water partition coefficient (Wildman–Crippen LogP) is -1.78. The van der Waals surface area contributed by atoms with Gasteiger partial charge in [0.15, 0.2) is 0 Å². The van der Waals surface area contributed by atoms with Gasteiger partial charge in [0.1, 0.15) is 0 Å². The van der Waals surface area contributed by atoms with E-state index >= 15 is 0 Å². The fraction of sp³-hybridized carbons (Fsp3) is 0. The molecule has 0 aromatic heterocycles. The predicted molar refractivity (Wildman–Crippen MR) is 29.5 cm³/mol. The van der Waals surface area contributed by atoms with Crippen molar-refractivity contribution in [2.75, 3.05) is 0 Å². The van der Waals surface area contributed by atoms with Crippen molar-refractivity contribution in [3.63, 3.8) is 0 Å². The van der Waals surface area contributed by atoms with E-state index in [0.29, 0.717) is 0 Å². The van der Waals surface area contributed by atoms with Crippen LogP contribution in [0.5, 0.6) is 0 Å². The van der Waals surface area contributed by atoms with Crippen molar-refractivity contribution in [1.82, 2.24) is 10.6 Å². The summed E-state index contributed by atoms with van der Waals surface area (Å²) in [5, 5.41) is 3.37. The Morgan fingerprint density at radius 1 is 1.11 bits per heavy atom. The van der Waals surface area contributed by atoms with Gasteiger partial charge < -0.3 is 0 Å². The molecule has 0 saturated carbocycles. The molecule has 45 valence electrons. The van der Waals surface area contributed by atoms with Gasteiger partial charge in [-0.1, -0.05) is 0 Å². The molecule has 5 nitrogen and oxygen atoms in total. The third-order valence-corrected chi connectivity index (χ3v) is 0.380. The van der Waals surface area contributed by atoms with Gasteiger partial charge in [0.2, 0.25) is 12.8 Å². The number of amides is 4. The summed E-state index contributed by atoms with van der Waals surface area (Å²) in [6.45, 7) is 0. The number of hydrogen-bond acceptors (Lipinski definition) is 3. The Hall–Kier alpha value is 0.246. The molecule has 0 spiro atoms. The summed E-state index contributed by atoms with van der Waals surface area (Å²) in [6.07, 6.45) is 0.359. The molecule has 0 saturated heterocycles. The van der Waals surface area contributed by atoms with Crippen LogP contribution >= 0.6 is 0 Å². The van der Waals surface area contributed by atoms with Gasteiger partial charge in [-0.05, 0) is 0 Å². The second-order valence-electron chi connectivity index (χ2n) is 0.854. The zero-order chi connectivity index (χ0) is 6.41. The van der Waals surface area contributed by atoms with Crippen LogP contribution in [-0.2, 0) is 9.59 Å². The Kier molecular flexibility index (Phi) is 11.0. The van der Waals surface area contributed by atoms with Crippen LogP contribution in [0.1, 0.15) is 0 Å². The number of imide groups is 2. The maximum atomic E-state index is 9.96. The van der Waals surface area contributed by atoms with Gasteiger partial charge in [-0.2, -0.15) is 0 Å². The van der Waals surface area contributed by atoms with Gasteiger partial charge in [-0.25, -0.2) is 4.79 Å². The van der Waals surface area contributed by atoms with Crippen LogP contribution in [0.2, 0.25) is 0 Å². The topological polar surface area (TPSA) is 75.3 Å². The normalized spacial score (nSPS) is 6.22. The van der Waals surface area contributed by atoms with Crippen LogP contribution in [0.3, 0.4) is 0 Å². The Labute approximate surface area is 94.0 Å². The van der Waals surface area contributed by atoms with Crippen LogP contribution in [-0.4, -0.2) is 70.2 Å². The minimum Gasteiger partial charge on any atom is -0.280 e. The SMILES string of the molecule is O=CNC(=O)NC=O.[K]. The van der Waals surface area contributed by atoms with E-state index in [0.717, 1.165) is 0 Å². The quantitative estimate of drug-likeness (QED) is 0.365. The molecule has 0 aromatic carbocycles. The summed E-state index contributed by atoms with van der Waals surface area (Å²) in [6, 6.07) is -0.824. The molecular formula is C3H4KN2O3. The molecule has 0 fully saturated rings. The third kappa shape index (κ3) is 8.25. The van der Waals surface area contributed by atoms with Crippen molar-refractivity contribution in [2.45, 2.75) is 0 Å². The second-order valence-corrected chi connectivity index (χ2v) is 0.854. The monoisotopic (exact) mass is 155 g/mol. The number of nitrogens with one attached hydrogen (secondary N) is 2. The number of carbonyl (C=O) groups is 3. The van der Waals surface area contributed by atoms with Crippen LogP contribution in [0.15, 0.2) is 0 Å². The van der Waals surface area contributed by atoms with E-state index in [4.69, 9.17) is 0 Å². The van der Waals surface area contributed by atoms with Crippen LogP contribution < -0.4 is 10.6 Å². The van der Waals surface area contributed by atoms with Gasteiger partial charge >= 0.3 is 6.03 Å². The molecule has 0 rings (SSSR count). The van der Waals surface area contributed by atoms with Gasteiger partial charge in [0, 0.05) is 51.4 Å². The van der Waals surface area contributed by atoms with Gasteiger partial charge in [-0.15, -0.1) is 0 Å². The molecule has 0 aliphatic carbocycles. The second kappa shape index (κ2) is 8.25. The van der Waals surface area contributed by atoms with Crippen molar-refractivity contribution in [2.24, 2.45) is 0 Å². The van der Waals surface area contributed by atoms with Crippen molar-refractivity contribution in [3.8, 4) is 0 Å². The summed E-state index contributed by atoms with van der Waals surface area (Å²) in [5.41, 5.74) is 0. The molecule has 9 heavy (non-hydrogen) atoms. The third-order valence-electron chi connectivity index (χ3n) is 0.380. The number of rotatable bonds is 2. The molecule has 0 heterocycles. The Balaban J connectivity index is 0. The Morgan fingerprint density at radius 3 is 1.67 bits per heavy atom. The number of carbonyl (C=O) groups excluding carboxylic acids is 3. The van der Waals surface area contributed by atoms with E-state index in [1.807, 2.05) is 0 Å². The summed E-state index contributed by atoms with van der Waals surface area (Å²) < 4.78 is 0. The zero-order valence-corrected chi connectivity index (χ0v) is 8.00. The van der Waals surface area contributed by atoms with Crippen molar-refractivity contribution in [3.05, 3.63) is 0 Å². The fourth-order valence-electron chi connectivity index (χ4n) is 0.149. The molecule has 0 aliphatic rings. The van der Waals surface area contributed by atoms with Crippen LogP contribution in [0.25, 0.3) is 0 Å². The summed E-state index contributed by atoms with van der Waals surface area (Å²) >= 11 is 0. The average Bonchev–Trinajstić information content (AvgIpc) is 1.68. The molecule has 0 unspecified atom stereocenters. The fourth-order valence-corrected chi connectivity index (χ4v) is 0.149. The molecule has 0 aliphatic heterocycles. The van der Waals surface area contributed by atoms with E-state index in [1.165, 1.54) is 0 Å². The molecule has 0 atom stereocenters. The first-order chi connectivity index (χ1) is 3.81. The minimum absolute atomic E-state index is 0. The van der Waals surface area contributed by atoms with E-state index in [2.05, 4.69) is 0 Å².